The van der Waals surface area contributed by atoms with Crippen molar-refractivity contribution in [2.75, 3.05) is 18.1 Å². The summed E-state index contributed by atoms with van der Waals surface area (Å²) >= 11 is 1.85. The first-order chi connectivity index (χ1) is 7.33. The molecular formula is C11H16N2OS. The first-order valence-electron chi connectivity index (χ1n) is 4.86. The molecule has 0 fully saturated rings. The summed E-state index contributed by atoms with van der Waals surface area (Å²) in [7, 11) is 0. The lowest BCUT2D eigenvalue weighted by Gasteiger charge is -2.03. The lowest BCUT2D eigenvalue weighted by Crippen LogP contribution is -2.17. The molecule has 0 atom stereocenters. The molecule has 0 saturated carbocycles. The minimum Gasteiger partial charge on any atom is -0.506 e. The Morgan fingerprint density at radius 1 is 1.53 bits per heavy atom. The maximum atomic E-state index is 9.03. The van der Waals surface area contributed by atoms with E-state index in [1.54, 1.807) is 6.07 Å². The Labute approximate surface area is 94.6 Å². The fourth-order valence-electron chi connectivity index (χ4n) is 1.05. The zero-order valence-corrected chi connectivity index (χ0v) is 9.46. The molecule has 15 heavy (non-hydrogen) atoms. The van der Waals surface area contributed by atoms with Crippen LogP contribution in [0.1, 0.15) is 5.69 Å². The third-order valence-corrected chi connectivity index (χ3v) is 2.74. The fraction of sp³-hybridized carbons (Fsp3) is 0.364. The molecule has 2 N–H and O–H groups in total. The summed E-state index contributed by atoms with van der Waals surface area (Å²) in [5.74, 6) is 2.28. The summed E-state index contributed by atoms with van der Waals surface area (Å²) in [6.07, 6.45) is 3.37. The highest BCUT2D eigenvalue weighted by Crippen LogP contribution is 2.05. The SMILES string of the molecule is C=CCSCCNCc1ccc(O)cn1. The average Bonchev–Trinajstić information content (AvgIpc) is 2.26. The molecular weight excluding hydrogens is 208 g/mol. The van der Waals surface area contributed by atoms with E-state index < -0.39 is 0 Å². The number of hydrogen-bond donors (Lipinski definition) is 2. The van der Waals surface area contributed by atoms with Gasteiger partial charge in [0, 0.05) is 24.6 Å². The Morgan fingerprint density at radius 3 is 3.07 bits per heavy atom. The number of nitrogens with one attached hydrogen (secondary N) is 1. The smallest absolute Gasteiger partial charge is 0.133 e. The standard InChI is InChI=1S/C11H16N2OS/c1-2-6-15-7-5-12-8-10-3-4-11(14)9-13-10/h2-4,9,12,14H,1,5-8H2. The van der Waals surface area contributed by atoms with Crippen molar-refractivity contribution in [3.8, 4) is 5.75 Å². The van der Waals surface area contributed by atoms with Crippen molar-refractivity contribution in [2.45, 2.75) is 6.54 Å². The van der Waals surface area contributed by atoms with Crippen LogP contribution in [0.2, 0.25) is 0 Å². The lowest BCUT2D eigenvalue weighted by molar-refractivity contribution is 0.472. The van der Waals surface area contributed by atoms with E-state index in [9.17, 15) is 0 Å². The van der Waals surface area contributed by atoms with E-state index in [4.69, 9.17) is 5.11 Å². The van der Waals surface area contributed by atoms with Crippen LogP contribution in [0, 0.1) is 0 Å². The Bertz CT molecular complexity index is 287. The second-order valence-corrected chi connectivity index (χ2v) is 4.20. The lowest BCUT2D eigenvalue weighted by atomic mass is 10.3. The third-order valence-electron chi connectivity index (χ3n) is 1.77. The van der Waals surface area contributed by atoms with E-state index in [1.165, 1.54) is 6.20 Å². The number of pyridine rings is 1. The van der Waals surface area contributed by atoms with Crippen molar-refractivity contribution in [1.29, 1.82) is 0 Å². The molecule has 0 saturated heterocycles. The summed E-state index contributed by atoms with van der Waals surface area (Å²) in [6, 6.07) is 3.47. The predicted molar refractivity (Wildman–Crippen MR) is 65.1 cm³/mol. The van der Waals surface area contributed by atoms with Gasteiger partial charge < -0.3 is 10.4 Å². The van der Waals surface area contributed by atoms with Crippen molar-refractivity contribution in [3.05, 3.63) is 36.7 Å². The number of aromatic hydroxyl groups is 1. The Kier molecular flexibility index (Phi) is 5.88. The normalized spacial score (nSPS) is 10.1. The molecule has 0 aliphatic carbocycles. The van der Waals surface area contributed by atoms with Crippen LogP contribution < -0.4 is 5.32 Å². The summed E-state index contributed by atoms with van der Waals surface area (Å²) in [5, 5.41) is 12.3. The van der Waals surface area contributed by atoms with Crippen LogP contribution in [0.25, 0.3) is 0 Å². The summed E-state index contributed by atoms with van der Waals surface area (Å²) < 4.78 is 0. The Balaban J connectivity index is 2.09. The molecule has 1 heterocycles. The molecule has 1 rings (SSSR count). The minimum atomic E-state index is 0.209. The summed E-state index contributed by atoms with van der Waals surface area (Å²) in [6.45, 7) is 5.36. The number of thioether (sulfide) groups is 1. The summed E-state index contributed by atoms with van der Waals surface area (Å²) in [4.78, 5) is 4.08. The van der Waals surface area contributed by atoms with Gasteiger partial charge in [0.05, 0.1) is 11.9 Å². The molecule has 0 aliphatic rings. The number of rotatable bonds is 7. The van der Waals surface area contributed by atoms with Gasteiger partial charge in [-0.05, 0) is 12.1 Å². The molecule has 3 nitrogen and oxygen atoms in total. The predicted octanol–water partition coefficient (Wildman–Crippen LogP) is 1.80. The molecule has 1 aromatic heterocycles. The topological polar surface area (TPSA) is 45.1 Å². The van der Waals surface area contributed by atoms with E-state index in [0.29, 0.717) is 0 Å². The second-order valence-electron chi connectivity index (χ2n) is 3.05. The molecule has 82 valence electrons. The zero-order chi connectivity index (χ0) is 10.9. The van der Waals surface area contributed by atoms with Crippen LogP contribution in [0.3, 0.4) is 0 Å². The van der Waals surface area contributed by atoms with Gasteiger partial charge in [0.2, 0.25) is 0 Å². The Morgan fingerprint density at radius 2 is 2.40 bits per heavy atom. The highest BCUT2D eigenvalue weighted by molar-refractivity contribution is 7.99. The maximum absolute atomic E-state index is 9.03. The van der Waals surface area contributed by atoms with Gasteiger partial charge in [-0.1, -0.05) is 6.08 Å². The van der Waals surface area contributed by atoms with Crippen LogP contribution in [-0.2, 0) is 6.54 Å². The zero-order valence-electron chi connectivity index (χ0n) is 8.65. The first-order valence-corrected chi connectivity index (χ1v) is 6.01. The maximum Gasteiger partial charge on any atom is 0.133 e. The molecule has 0 bridgehead atoms. The molecule has 0 aliphatic heterocycles. The highest BCUT2D eigenvalue weighted by Gasteiger charge is 1.94. The third kappa shape index (κ3) is 5.44. The second kappa shape index (κ2) is 7.31. The van der Waals surface area contributed by atoms with Crippen LogP contribution in [0.4, 0.5) is 0 Å². The van der Waals surface area contributed by atoms with Gasteiger partial charge in [-0.15, -0.1) is 6.58 Å². The van der Waals surface area contributed by atoms with Gasteiger partial charge in [0.15, 0.2) is 0 Å². The van der Waals surface area contributed by atoms with Gasteiger partial charge in [0.1, 0.15) is 5.75 Å². The average molecular weight is 224 g/mol. The summed E-state index contributed by atoms with van der Waals surface area (Å²) in [5.41, 5.74) is 0.946. The van der Waals surface area contributed by atoms with Gasteiger partial charge in [-0.3, -0.25) is 4.98 Å². The van der Waals surface area contributed by atoms with Crippen molar-refractivity contribution >= 4 is 11.8 Å². The van der Waals surface area contributed by atoms with Crippen LogP contribution in [0.5, 0.6) is 5.75 Å². The van der Waals surface area contributed by atoms with E-state index in [2.05, 4.69) is 16.9 Å². The van der Waals surface area contributed by atoms with Crippen molar-refractivity contribution in [3.63, 3.8) is 0 Å². The minimum absolute atomic E-state index is 0.209. The highest BCUT2D eigenvalue weighted by atomic mass is 32.2. The molecule has 4 heteroatoms. The molecule has 1 aromatic rings. The van der Waals surface area contributed by atoms with Gasteiger partial charge in [-0.25, -0.2) is 0 Å². The van der Waals surface area contributed by atoms with E-state index >= 15 is 0 Å². The van der Waals surface area contributed by atoms with Gasteiger partial charge >= 0.3 is 0 Å². The van der Waals surface area contributed by atoms with Gasteiger partial charge in [0.25, 0.3) is 0 Å². The van der Waals surface area contributed by atoms with E-state index in [1.807, 2.05) is 23.9 Å². The quantitative estimate of drug-likeness (QED) is 0.547. The Hall–Kier alpha value is -1.00. The molecule has 0 aromatic carbocycles. The molecule has 0 unspecified atom stereocenters. The van der Waals surface area contributed by atoms with Gasteiger partial charge in [-0.2, -0.15) is 11.8 Å². The van der Waals surface area contributed by atoms with E-state index in [0.717, 1.165) is 30.3 Å². The number of nitrogens with zero attached hydrogens (tertiary/aromatic N) is 1. The molecule has 0 spiro atoms. The van der Waals surface area contributed by atoms with Crippen LogP contribution in [-0.4, -0.2) is 28.1 Å². The number of hydrogen-bond acceptors (Lipinski definition) is 4. The first kappa shape index (κ1) is 12.1. The van der Waals surface area contributed by atoms with Crippen molar-refractivity contribution in [2.24, 2.45) is 0 Å². The number of aromatic nitrogens is 1. The van der Waals surface area contributed by atoms with Crippen molar-refractivity contribution < 1.29 is 5.11 Å². The van der Waals surface area contributed by atoms with Crippen LogP contribution >= 0.6 is 11.8 Å². The van der Waals surface area contributed by atoms with Crippen LogP contribution in [0.15, 0.2) is 31.0 Å². The largest absolute Gasteiger partial charge is 0.506 e. The van der Waals surface area contributed by atoms with E-state index in [-0.39, 0.29) is 5.75 Å². The molecule has 0 amide bonds. The van der Waals surface area contributed by atoms with Crippen molar-refractivity contribution in [1.82, 2.24) is 10.3 Å². The molecule has 0 radical (unpaired) electrons. The fourth-order valence-corrected chi connectivity index (χ4v) is 1.67. The monoisotopic (exact) mass is 224 g/mol.